The predicted octanol–water partition coefficient (Wildman–Crippen LogP) is 3.96. The molecule has 0 saturated heterocycles. The standard InChI is InChI=1S/C24H23F3N6O3/c1-34-19-6-4-15(9-21(19)35-2)3-5-16-10-20-17(11-28-16)22-31-18(12-32(22)7-8-36-20)23-29-14-30-33(23)13-24(25,26)27/h4,6,9-12,14H,3,5,7-8,13H2,1-2H3. The number of rotatable bonds is 7. The highest BCUT2D eigenvalue weighted by Gasteiger charge is 2.31. The summed E-state index contributed by atoms with van der Waals surface area (Å²) in [5, 5.41) is 3.71. The summed E-state index contributed by atoms with van der Waals surface area (Å²) >= 11 is 0. The van der Waals surface area contributed by atoms with Gasteiger partial charge >= 0.3 is 6.18 Å². The molecule has 9 nitrogen and oxygen atoms in total. The van der Waals surface area contributed by atoms with Crippen molar-refractivity contribution >= 4 is 0 Å². The van der Waals surface area contributed by atoms with Crippen LogP contribution < -0.4 is 14.2 Å². The fourth-order valence-corrected chi connectivity index (χ4v) is 4.12. The number of ether oxygens (including phenoxy) is 3. The Morgan fingerprint density at radius 2 is 1.86 bits per heavy atom. The van der Waals surface area contributed by atoms with E-state index in [1.165, 1.54) is 0 Å². The number of methoxy groups -OCH3 is 2. The van der Waals surface area contributed by atoms with Crippen LogP contribution in [-0.2, 0) is 25.9 Å². The Morgan fingerprint density at radius 1 is 1.03 bits per heavy atom. The van der Waals surface area contributed by atoms with E-state index >= 15 is 0 Å². The van der Waals surface area contributed by atoms with Crippen LogP contribution in [0.5, 0.6) is 17.2 Å². The third-order valence-corrected chi connectivity index (χ3v) is 5.82. The fourth-order valence-electron chi connectivity index (χ4n) is 4.12. The minimum Gasteiger partial charge on any atom is -0.493 e. The van der Waals surface area contributed by atoms with Gasteiger partial charge in [-0.05, 0) is 30.5 Å². The maximum absolute atomic E-state index is 12.9. The number of aryl methyl sites for hydroxylation is 2. The van der Waals surface area contributed by atoms with E-state index < -0.39 is 12.7 Å². The summed E-state index contributed by atoms with van der Waals surface area (Å²) in [4.78, 5) is 13.2. The molecule has 188 valence electrons. The molecule has 4 heterocycles. The van der Waals surface area contributed by atoms with E-state index in [-0.39, 0.29) is 5.82 Å². The number of fused-ring (bicyclic) bond motifs is 3. The largest absolute Gasteiger partial charge is 0.493 e. The van der Waals surface area contributed by atoms with Gasteiger partial charge in [-0.15, -0.1) is 0 Å². The third-order valence-electron chi connectivity index (χ3n) is 5.82. The molecule has 4 aromatic rings. The molecule has 0 N–H and O–H groups in total. The van der Waals surface area contributed by atoms with Crippen molar-refractivity contribution < 1.29 is 27.4 Å². The summed E-state index contributed by atoms with van der Waals surface area (Å²) in [6, 6.07) is 7.67. The van der Waals surface area contributed by atoms with Crippen LogP contribution >= 0.6 is 0 Å². The molecule has 5 rings (SSSR count). The van der Waals surface area contributed by atoms with Crippen molar-refractivity contribution in [3.8, 4) is 40.2 Å². The van der Waals surface area contributed by atoms with Crippen molar-refractivity contribution in [1.82, 2.24) is 29.3 Å². The monoisotopic (exact) mass is 500 g/mol. The zero-order chi connectivity index (χ0) is 25.3. The van der Waals surface area contributed by atoms with Crippen molar-refractivity contribution in [2.45, 2.75) is 32.1 Å². The molecule has 0 fully saturated rings. The number of hydrogen-bond acceptors (Lipinski definition) is 7. The average Bonchev–Trinajstić information content (AvgIpc) is 3.44. The molecular formula is C24H23F3N6O3. The molecule has 0 unspecified atom stereocenters. The fraction of sp³-hybridized carbons (Fsp3) is 0.333. The molecule has 0 spiro atoms. The number of pyridine rings is 1. The number of nitrogens with zero attached hydrogens (tertiary/aromatic N) is 6. The summed E-state index contributed by atoms with van der Waals surface area (Å²) in [5.74, 6) is 2.57. The van der Waals surface area contributed by atoms with E-state index in [0.29, 0.717) is 53.9 Å². The molecule has 1 aliphatic heterocycles. The number of halogens is 3. The Bertz CT molecular complexity index is 1380. The van der Waals surface area contributed by atoms with Gasteiger partial charge in [0.2, 0.25) is 0 Å². The van der Waals surface area contributed by atoms with Crippen LogP contribution in [0.2, 0.25) is 0 Å². The molecule has 1 aliphatic rings. The van der Waals surface area contributed by atoms with E-state index in [1.54, 1.807) is 26.6 Å². The summed E-state index contributed by atoms with van der Waals surface area (Å²) in [5.41, 5.74) is 2.88. The summed E-state index contributed by atoms with van der Waals surface area (Å²) < 4.78 is 58.0. The quantitative estimate of drug-likeness (QED) is 0.380. The summed E-state index contributed by atoms with van der Waals surface area (Å²) in [6.07, 6.45) is 1.43. The first kappa shape index (κ1) is 23.6. The van der Waals surface area contributed by atoms with Crippen molar-refractivity contribution in [3.63, 3.8) is 0 Å². The SMILES string of the molecule is COc1ccc(CCc2cc3c(cn2)-c2nc(-c4ncnn4CC(F)(F)F)cn2CCO3)cc1OC. The van der Waals surface area contributed by atoms with Gasteiger partial charge < -0.3 is 18.8 Å². The second-order valence-electron chi connectivity index (χ2n) is 8.21. The van der Waals surface area contributed by atoms with Gasteiger partial charge in [-0.1, -0.05) is 6.07 Å². The van der Waals surface area contributed by atoms with Gasteiger partial charge in [-0.2, -0.15) is 18.3 Å². The lowest BCUT2D eigenvalue weighted by Crippen LogP contribution is -2.19. The highest BCUT2D eigenvalue weighted by Crippen LogP contribution is 2.34. The Kier molecular flexibility index (Phi) is 6.25. The van der Waals surface area contributed by atoms with Gasteiger partial charge in [-0.3, -0.25) is 4.98 Å². The highest BCUT2D eigenvalue weighted by molar-refractivity contribution is 5.67. The van der Waals surface area contributed by atoms with Gasteiger partial charge in [0.1, 0.15) is 36.7 Å². The van der Waals surface area contributed by atoms with Gasteiger partial charge in [-0.25, -0.2) is 14.6 Å². The van der Waals surface area contributed by atoms with Crippen LogP contribution in [0.1, 0.15) is 11.3 Å². The maximum atomic E-state index is 12.9. The molecule has 0 atom stereocenters. The molecule has 0 aliphatic carbocycles. The van der Waals surface area contributed by atoms with E-state index in [0.717, 1.165) is 28.7 Å². The van der Waals surface area contributed by atoms with Crippen LogP contribution in [0, 0.1) is 0 Å². The van der Waals surface area contributed by atoms with Gasteiger partial charge in [0.05, 0.1) is 26.3 Å². The van der Waals surface area contributed by atoms with Crippen molar-refractivity contribution in [2.24, 2.45) is 0 Å². The topological polar surface area (TPSA) is 89.1 Å². The first-order valence-electron chi connectivity index (χ1n) is 11.2. The summed E-state index contributed by atoms with van der Waals surface area (Å²) in [6.45, 7) is -0.384. The number of imidazole rings is 1. The lowest BCUT2D eigenvalue weighted by Gasteiger charge is -2.11. The van der Waals surface area contributed by atoms with E-state index in [2.05, 4.69) is 20.1 Å². The molecule has 36 heavy (non-hydrogen) atoms. The molecule has 0 radical (unpaired) electrons. The molecule has 12 heteroatoms. The number of alkyl halides is 3. The predicted molar refractivity (Wildman–Crippen MR) is 123 cm³/mol. The second-order valence-corrected chi connectivity index (χ2v) is 8.21. The van der Waals surface area contributed by atoms with Gasteiger partial charge in [0.15, 0.2) is 17.3 Å². The average molecular weight is 500 g/mol. The van der Waals surface area contributed by atoms with Crippen molar-refractivity contribution in [2.75, 3.05) is 20.8 Å². The molecule has 3 aromatic heterocycles. The van der Waals surface area contributed by atoms with Crippen LogP contribution in [0.3, 0.4) is 0 Å². The Labute approximate surface area is 204 Å². The maximum Gasteiger partial charge on any atom is 0.408 e. The number of aromatic nitrogens is 6. The number of hydrogen-bond donors (Lipinski definition) is 0. The molecule has 0 amide bonds. The van der Waals surface area contributed by atoms with E-state index in [9.17, 15) is 13.2 Å². The van der Waals surface area contributed by atoms with E-state index in [4.69, 9.17) is 14.2 Å². The highest BCUT2D eigenvalue weighted by atomic mass is 19.4. The third kappa shape index (κ3) is 4.83. The van der Waals surface area contributed by atoms with Crippen LogP contribution in [0.4, 0.5) is 13.2 Å². The minimum absolute atomic E-state index is 0.0508. The molecule has 0 bridgehead atoms. The zero-order valence-electron chi connectivity index (χ0n) is 19.6. The Hall–Kier alpha value is -4.09. The molecule has 1 aromatic carbocycles. The Morgan fingerprint density at radius 3 is 2.64 bits per heavy atom. The smallest absolute Gasteiger partial charge is 0.408 e. The molecule has 0 saturated carbocycles. The minimum atomic E-state index is -4.42. The first-order chi connectivity index (χ1) is 17.3. The van der Waals surface area contributed by atoms with Crippen LogP contribution in [0.15, 0.2) is 43.0 Å². The number of benzene rings is 1. The van der Waals surface area contributed by atoms with Gasteiger partial charge in [0, 0.05) is 24.2 Å². The lowest BCUT2D eigenvalue weighted by molar-refractivity contribution is -0.142. The van der Waals surface area contributed by atoms with Gasteiger partial charge in [0.25, 0.3) is 0 Å². The van der Waals surface area contributed by atoms with Crippen LogP contribution in [0.25, 0.3) is 22.9 Å². The Balaban J connectivity index is 1.38. The molecular weight excluding hydrogens is 477 g/mol. The first-order valence-corrected chi connectivity index (χ1v) is 11.2. The zero-order valence-corrected chi connectivity index (χ0v) is 19.6. The normalized spacial score (nSPS) is 12.9. The van der Waals surface area contributed by atoms with Crippen LogP contribution in [-0.4, -0.2) is 56.3 Å². The summed E-state index contributed by atoms with van der Waals surface area (Å²) in [7, 11) is 3.20. The van der Waals surface area contributed by atoms with Crippen molar-refractivity contribution in [1.29, 1.82) is 0 Å². The second kappa shape index (κ2) is 9.51. The van der Waals surface area contributed by atoms with Crippen molar-refractivity contribution in [3.05, 3.63) is 54.2 Å². The van der Waals surface area contributed by atoms with E-state index in [1.807, 2.05) is 28.8 Å². The lowest BCUT2D eigenvalue weighted by atomic mass is 10.1.